The average molecular weight is 306 g/mol. The highest BCUT2D eigenvalue weighted by Gasteiger charge is 2.21. The van der Waals surface area contributed by atoms with Crippen LogP contribution in [0.3, 0.4) is 0 Å². The summed E-state index contributed by atoms with van der Waals surface area (Å²) in [5.41, 5.74) is 7.45. The molecule has 0 atom stereocenters. The zero-order chi connectivity index (χ0) is 15.6. The van der Waals surface area contributed by atoms with Gasteiger partial charge in [-0.25, -0.2) is 0 Å². The van der Waals surface area contributed by atoms with Gasteiger partial charge in [-0.1, -0.05) is 32.4 Å². The SMILES string of the molecule is COc1ccc(Oc2cc(Cl)ccc2N)c(C(C)(C)C)c1. The third-order valence-corrected chi connectivity index (χ3v) is 3.43. The van der Waals surface area contributed by atoms with E-state index in [1.54, 1.807) is 25.3 Å². The van der Waals surface area contributed by atoms with Crippen LogP contribution in [0.2, 0.25) is 5.02 Å². The monoisotopic (exact) mass is 305 g/mol. The second-order valence-corrected chi connectivity index (χ2v) is 6.33. The summed E-state index contributed by atoms with van der Waals surface area (Å²) in [4.78, 5) is 0. The molecule has 0 aliphatic rings. The lowest BCUT2D eigenvalue weighted by Crippen LogP contribution is -2.13. The molecular weight excluding hydrogens is 286 g/mol. The number of anilines is 1. The maximum Gasteiger partial charge on any atom is 0.151 e. The minimum Gasteiger partial charge on any atom is -0.497 e. The molecule has 0 heterocycles. The maximum atomic E-state index is 6.00. The predicted molar refractivity (Wildman–Crippen MR) is 87.6 cm³/mol. The lowest BCUT2D eigenvalue weighted by molar-refractivity contribution is 0.407. The van der Waals surface area contributed by atoms with Crippen LogP contribution in [0.4, 0.5) is 5.69 Å². The third kappa shape index (κ3) is 3.61. The molecule has 2 N–H and O–H groups in total. The molecule has 112 valence electrons. The third-order valence-electron chi connectivity index (χ3n) is 3.19. The van der Waals surface area contributed by atoms with Crippen LogP contribution in [-0.2, 0) is 5.41 Å². The molecule has 21 heavy (non-hydrogen) atoms. The number of nitrogen functional groups attached to an aromatic ring is 1. The van der Waals surface area contributed by atoms with Gasteiger partial charge in [0.15, 0.2) is 5.75 Å². The average Bonchev–Trinajstić information content (AvgIpc) is 2.42. The smallest absolute Gasteiger partial charge is 0.151 e. The van der Waals surface area contributed by atoms with Crippen molar-refractivity contribution in [2.75, 3.05) is 12.8 Å². The standard InChI is InChI=1S/C17H20ClNO2/c1-17(2,3)13-10-12(20-4)6-8-15(13)21-16-9-11(18)5-7-14(16)19/h5-10H,19H2,1-4H3. The first-order valence-electron chi connectivity index (χ1n) is 6.72. The molecule has 0 saturated heterocycles. The molecule has 0 aliphatic carbocycles. The minimum absolute atomic E-state index is 0.0861. The van der Waals surface area contributed by atoms with Gasteiger partial charge >= 0.3 is 0 Å². The van der Waals surface area contributed by atoms with Crippen LogP contribution in [0, 0.1) is 0 Å². The van der Waals surface area contributed by atoms with Crippen molar-refractivity contribution in [2.45, 2.75) is 26.2 Å². The number of methoxy groups -OCH3 is 1. The molecule has 0 aliphatic heterocycles. The van der Waals surface area contributed by atoms with Crippen LogP contribution in [0.25, 0.3) is 0 Å². The van der Waals surface area contributed by atoms with E-state index in [1.165, 1.54) is 0 Å². The number of nitrogens with two attached hydrogens (primary N) is 1. The van der Waals surface area contributed by atoms with Gasteiger partial charge in [0.1, 0.15) is 11.5 Å². The Bertz CT molecular complexity index is 648. The van der Waals surface area contributed by atoms with E-state index in [2.05, 4.69) is 20.8 Å². The summed E-state index contributed by atoms with van der Waals surface area (Å²) in [7, 11) is 1.65. The number of ether oxygens (including phenoxy) is 2. The number of benzene rings is 2. The molecule has 2 aromatic carbocycles. The van der Waals surface area contributed by atoms with E-state index in [-0.39, 0.29) is 5.41 Å². The highest BCUT2D eigenvalue weighted by Crippen LogP contribution is 2.38. The quantitative estimate of drug-likeness (QED) is 0.810. The van der Waals surface area contributed by atoms with Gasteiger partial charge in [-0.15, -0.1) is 0 Å². The summed E-state index contributed by atoms with van der Waals surface area (Å²) < 4.78 is 11.3. The summed E-state index contributed by atoms with van der Waals surface area (Å²) >= 11 is 6.00. The van der Waals surface area contributed by atoms with Crippen molar-refractivity contribution in [3.8, 4) is 17.2 Å². The molecule has 3 nitrogen and oxygen atoms in total. The number of halogens is 1. The van der Waals surface area contributed by atoms with Crippen molar-refractivity contribution in [3.05, 3.63) is 47.0 Å². The Morgan fingerprint density at radius 1 is 1.00 bits per heavy atom. The van der Waals surface area contributed by atoms with Gasteiger partial charge in [0.25, 0.3) is 0 Å². The van der Waals surface area contributed by atoms with Crippen molar-refractivity contribution in [1.29, 1.82) is 0 Å². The normalized spacial score (nSPS) is 11.3. The van der Waals surface area contributed by atoms with Gasteiger partial charge in [-0.2, -0.15) is 0 Å². The summed E-state index contributed by atoms with van der Waals surface area (Å²) in [5.74, 6) is 2.10. The Morgan fingerprint density at radius 3 is 2.33 bits per heavy atom. The lowest BCUT2D eigenvalue weighted by atomic mass is 9.86. The first-order valence-corrected chi connectivity index (χ1v) is 7.10. The molecule has 0 radical (unpaired) electrons. The van der Waals surface area contributed by atoms with Crippen molar-refractivity contribution in [3.63, 3.8) is 0 Å². The fourth-order valence-corrected chi connectivity index (χ4v) is 2.19. The highest BCUT2D eigenvalue weighted by atomic mass is 35.5. The lowest BCUT2D eigenvalue weighted by Gasteiger charge is -2.23. The van der Waals surface area contributed by atoms with Gasteiger partial charge in [-0.05, 0) is 35.7 Å². The van der Waals surface area contributed by atoms with Crippen LogP contribution in [0.5, 0.6) is 17.2 Å². The highest BCUT2D eigenvalue weighted by molar-refractivity contribution is 6.30. The summed E-state index contributed by atoms with van der Waals surface area (Å²) in [6, 6.07) is 10.9. The number of hydrogen-bond donors (Lipinski definition) is 1. The molecule has 0 unspecified atom stereocenters. The van der Waals surface area contributed by atoms with Gasteiger partial charge in [-0.3, -0.25) is 0 Å². The zero-order valence-electron chi connectivity index (χ0n) is 12.7. The summed E-state index contributed by atoms with van der Waals surface area (Å²) in [5, 5.41) is 0.588. The van der Waals surface area contributed by atoms with Crippen molar-refractivity contribution < 1.29 is 9.47 Å². The van der Waals surface area contributed by atoms with Crippen LogP contribution < -0.4 is 15.2 Å². The van der Waals surface area contributed by atoms with Crippen molar-refractivity contribution in [2.24, 2.45) is 0 Å². The predicted octanol–water partition coefficient (Wildman–Crippen LogP) is 5.02. The molecule has 0 saturated carbocycles. The largest absolute Gasteiger partial charge is 0.497 e. The number of rotatable bonds is 3. The first-order chi connectivity index (χ1) is 9.81. The van der Waals surface area contributed by atoms with Crippen LogP contribution in [0.1, 0.15) is 26.3 Å². The molecule has 0 amide bonds. The second kappa shape index (κ2) is 5.86. The Labute approximate surface area is 130 Å². The molecule has 0 fully saturated rings. The molecule has 2 rings (SSSR count). The van der Waals surface area contributed by atoms with E-state index in [0.29, 0.717) is 16.5 Å². The van der Waals surface area contributed by atoms with Crippen molar-refractivity contribution in [1.82, 2.24) is 0 Å². The second-order valence-electron chi connectivity index (χ2n) is 5.90. The number of hydrogen-bond acceptors (Lipinski definition) is 3. The van der Waals surface area contributed by atoms with E-state index in [0.717, 1.165) is 17.1 Å². The molecular formula is C17H20ClNO2. The fourth-order valence-electron chi connectivity index (χ4n) is 2.03. The molecule has 0 aromatic heterocycles. The Morgan fingerprint density at radius 2 is 1.71 bits per heavy atom. The summed E-state index contributed by atoms with van der Waals surface area (Å²) in [6.07, 6.45) is 0. The van der Waals surface area contributed by atoms with E-state index in [9.17, 15) is 0 Å². The fraction of sp³-hybridized carbons (Fsp3) is 0.294. The Kier molecular flexibility index (Phi) is 4.33. The molecule has 0 bridgehead atoms. The van der Waals surface area contributed by atoms with E-state index < -0.39 is 0 Å². The van der Waals surface area contributed by atoms with Crippen LogP contribution in [-0.4, -0.2) is 7.11 Å². The van der Waals surface area contributed by atoms with Crippen molar-refractivity contribution >= 4 is 17.3 Å². The summed E-state index contributed by atoms with van der Waals surface area (Å²) in [6.45, 7) is 6.36. The Hall–Kier alpha value is -1.87. The van der Waals surface area contributed by atoms with E-state index >= 15 is 0 Å². The van der Waals surface area contributed by atoms with Gasteiger partial charge in [0.2, 0.25) is 0 Å². The zero-order valence-corrected chi connectivity index (χ0v) is 13.5. The van der Waals surface area contributed by atoms with Gasteiger partial charge in [0, 0.05) is 16.7 Å². The minimum atomic E-state index is -0.0861. The van der Waals surface area contributed by atoms with Gasteiger partial charge in [0.05, 0.1) is 12.8 Å². The molecule has 4 heteroatoms. The molecule has 2 aromatic rings. The first kappa shape index (κ1) is 15.5. The van der Waals surface area contributed by atoms with Crippen LogP contribution >= 0.6 is 11.6 Å². The van der Waals surface area contributed by atoms with Crippen LogP contribution in [0.15, 0.2) is 36.4 Å². The topological polar surface area (TPSA) is 44.5 Å². The maximum absolute atomic E-state index is 6.00. The van der Waals surface area contributed by atoms with E-state index in [1.807, 2.05) is 18.2 Å². The Balaban J connectivity index is 2.46. The van der Waals surface area contributed by atoms with E-state index in [4.69, 9.17) is 26.8 Å². The van der Waals surface area contributed by atoms with Gasteiger partial charge < -0.3 is 15.2 Å². The molecule has 0 spiro atoms.